The summed E-state index contributed by atoms with van der Waals surface area (Å²) in [4.78, 5) is 51.4. The van der Waals surface area contributed by atoms with E-state index in [9.17, 15) is 14.4 Å². The van der Waals surface area contributed by atoms with Crippen LogP contribution in [0.25, 0.3) is 12.2 Å². The molecule has 0 atom stereocenters. The number of aromatic nitrogens is 4. The van der Waals surface area contributed by atoms with Crippen LogP contribution in [0.3, 0.4) is 0 Å². The van der Waals surface area contributed by atoms with Gasteiger partial charge in [-0.15, -0.1) is 0 Å². The number of methoxy groups -OCH3 is 2. The summed E-state index contributed by atoms with van der Waals surface area (Å²) in [5.74, 6) is 0.511. The van der Waals surface area contributed by atoms with Gasteiger partial charge in [0.15, 0.2) is 17.3 Å². The summed E-state index contributed by atoms with van der Waals surface area (Å²) in [6.45, 7) is 6.06. The molecule has 0 saturated heterocycles. The minimum Gasteiger partial charge on any atom is -0.493 e. The summed E-state index contributed by atoms with van der Waals surface area (Å²) in [7, 11) is 2.97. The number of hydrogen-bond acceptors (Lipinski definition) is 6. The molecule has 0 fully saturated rings. The van der Waals surface area contributed by atoms with Crippen molar-refractivity contribution in [1.82, 2.24) is 19.9 Å². The summed E-state index contributed by atoms with van der Waals surface area (Å²) in [6.07, 6.45) is 4.61. The van der Waals surface area contributed by atoms with Gasteiger partial charge in [0.05, 0.1) is 31.8 Å². The van der Waals surface area contributed by atoms with E-state index in [1.54, 1.807) is 54.9 Å². The van der Waals surface area contributed by atoms with Gasteiger partial charge in [-0.2, -0.15) is 0 Å². The molecule has 9 nitrogen and oxygen atoms in total. The van der Waals surface area contributed by atoms with Gasteiger partial charge in [0.2, 0.25) is 0 Å². The van der Waals surface area contributed by atoms with Crippen molar-refractivity contribution in [2.75, 3.05) is 14.2 Å². The zero-order valence-electron chi connectivity index (χ0n) is 21.3. The summed E-state index contributed by atoms with van der Waals surface area (Å²) in [5, 5.41) is 0.151. The van der Waals surface area contributed by atoms with Crippen LogP contribution in [0.2, 0.25) is 0 Å². The number of aromatic amines is 3. The van der Waals surface area contributed by atoms with Gasteiger partial charge in [-0.1, -0.05) is 45.0 Å². The minimum absolute atomic E-state index is 0.0591. The number of nitrogens with one attached hydrogen (secondary N) is 3. The van der Waals surface area contributed by atoms with E-state index in [0.717, 1.165) is 5.69 Å². The number of imidazole rings is 1. The van der Waals surface area contributed by atoms with Crippen molar-refractivity contribution >= 4 is 17.9 Å². The third kappa shape index (κ3) is 5.30. The molecule has 4 aromatic rings. The largest absolute Gasteiger partial charge is 0.493 e. The number of benzene rings is 2. The molecule has 0 aliphatic carbocycles. The Kier molecular flexibility index (Phi) is 6.97. The first kappa shape index (κ1) is 25.4. The first-order valence-electron chi connectivity index (χ1n) is 11.6. The van der Waals surface area contributed by atoms with Crippen molar-refractivity contribution in [3.63, 3.8) is 0 Å². The number of para-hydroxylation sites is 1. The SMILES string of the molecule is COc1cccc(C(=O)c2cccc(/C=c3\[nH]c(=O)/c(=C/c4nc[nH]c4C(C)(C)C)[nH]c3=O)c2)c1OC. The second-order valence-corrected chi connectivity index (χ2v) is 9.43. The standard InChI is InChI=1S/C28H28N4O5/c1-28(2,3)25-19(29-15-30-25)14-21-27(35)31-20(26(34)32-21)13-16-8-6-9-17(12-16)23(33)18-10-7-11-22(36-4)24(18)37-5/h6-15H,1-5H3,(H,29,30)(H,31,35)(H,32,34)/b20-13-,21-14-. The second-order valence-electron chi connectivity index (χ2n) is 9.43. The normalized spacial score (nSPS) is 12.6. The zero-order chi connectivity index (χ0) is 26.7. The lowest BCUT2D eigenvalue weighted by Gasteiger charge is -2.16. The third-order valence-corrected chi connectivity index (χ3v) is 5.79. The summed E-state index contributed by atoms with van der Waals surface area (Å²) in [5.41, 5.74) is 1.54. The monoisotopic (exact) mass is 500 g/mol. The van der Waals surface area contributed by atoms with E-state index >= 15 is 0 Å². The lowest BCUT2D eigenvalue weighted by molar-refractivity contribution is 0.103. The lowest BCUT2D eigenvalue weighted by Crippen LogP contribution is -2.46. The molecule has 2 aromatic carbocycles. The summed E-state index contributed by atoms with van der Waals surface area (Å²) >= 11 is 0. The Labute approximate surface area is 212 Å². The van der Waals surface area contributed by atoms with E-state index in [1.165, 1.54) is 20.3 Å². The van der Waals surface area contributed by atoms with E-state index in [-0.39, 0.29) is 21.9 Å². The molecule has 0 aliphatic rings. The fourth-order valence-electron chi connectivity index (χ4n) is 4.01. The zero-order valence-corrected chi connectivity index (χ0v) is 21.3. The van der Waals surface area contributed by atoms with Crippen LogP contribution in [0, 0.1) is 0 Å². The highest BCUT2D eigenvalue weighted by Gasteiger charge is 2.20. The van der Waals surface area contributed by atoms with Gasteiger partial charge < -0.3 is 24.4 Å². The number of hydrogen-bond donors (Lipinski definition) is 3. The quantitative estimate of drug-likeness (QED) is 0.347. The topological polar surface area (TPSA) is 130 Å². The van der Waals surface area contributed by atoms with Crippen LogP contribution >= 0.6 is 0 Å². The van der Waals surface area contributed by atoms with Crippen LogP contribution in [0.4, 0.5) is 0 Å². The van der Waals surface area contributed by atoms with Crippen molar-refractivity contribution < 1.29 is 14.3 Å². The predicted octanol–water partition coefficient (Wildman–Crippen LogP) is 1.99. The average molecular weight is 501 g/mol. The number of ketones is 1. The molecule has 0 saturated carbocycles. The van der Waals surface area contributed by atoms with E-state index in [1.807, 2.05) is 20.8 Å². The molecule has 0 amide bonds. The Morgan fingerprint density at radius 2 is 1.59 bits per heavy atom. The molecule has 190 valence electrons. The van der Waals surface area contributed by atoms with Gasteiger partial charge in [-0.25, -0.2) is 4.98 Å². The molecule has 0 radical (unpaired) electrons. The lowest BCUT2D eigenvalue weighted by atomic mass is 9.90. The Bertz CT molecular complexity index is 1700. The van der Waals surface area contributed by atoms with E-state index in [0.29, 0.717) is 33.9 Å². The molecule has 4 rings (SSSR count). The highest BCUT2D eigenvalue weighted by atomic mass is 16.5. The smallest absolute Gasteiger partial charge is 0.272 e. The molecule has 0 bridgehead atoms. The number of rotatable bonds is 6. The number of H-pyrrole nitrogens is 3. The molecule has 9 heteroatoms. The van der Waals surface area contributed by atoms with Crippen molar-refractivity contribution in [2.45, 2.75) is 26.2 Å². The maximum atomic E-state index is 13.2. The molecule has 0 spiro atoms. The highest BCUT2D eigenvalue weighted by Crippen LogP contribution is 2.32. The predicted molar refractivity (Wildman–Crippen MR) is 141 cm³/mol. The van der Waals surface area contributed by atoms with Crippen molar-refractivity contribution in [3.8, 4) is 11.5 Å². The molecule has 3 N–H and O–H groups in total. The van der Waals surface area contributed by atoms with Crippen LogP contribution in [0.15, 0.2) is 58.4 Å². The number of nitrogens with zero attached hydrogens (tertiary/aromatic N) is 1. The number of carbonyl (C=O) groups is 1. The Morgan fingerprint density at radius 3 is 2.24 bits per heavy atom. The Balaban J connectivity index is 1.74. The molecule has 37 heavy (non-hydrogen) atoms. The molecule has 0 unspecified atom stereocenters. The third-order valence-electron chi connectivity index (χ3n) is 5.79. The second kappa shape index (κ2) is 10.1. The van der Waals surface area contributed by atoms with Crippen LogP contribution in [-0.4, -0.2) is 39.9 Å². The van der Waals surface area contributed by atoms with Gasteiger partial charge in [0, 0.05) is 16.7 Å². The van der Waals surface area contributed by atoms with E-state index in [4.69, 9.17) is 9.47 Å². The van der Waals surface area contributed by atoms with Crippen LogP contribution in [0.5, 0.6) is 11.5 Å². The Morgan fingerprint density at radius 1 is 0.919 bits per heavy atom. The van der Waals surface area contributed by atoms with Gasteiger partial charge in [-0.3, -0.25) is 14.4 Å². The summed E-state index contributed by atoms with van der Waals surface area (Å²) < 4.78 is 10.7. The Hall–Kier alpha value is -4.66. The van der Waals surface area contributed by atoms with Gasteiger partial charge in [0.1, 0.15) is 10.7 Å². The summed E-state index contributed by atoms with van der Waals surface area (Å²) in [6, 6.07) is 11.8. The van der Waals surface area contributed by atoms with Gasteiger partial charge in [0.25, 0.3) is 11.1 Å². The fourth-order valence-corrected chi connectivity index (χ4v) is 4.01. The molecular formula is C28H28N4O5. The van der Waals surface area contributed by atoms with Crippen molar-refractivity contribution in [3.05, 3.63) is 108 Å². The molecular weight excluding hydrogens is 472 g/mol. The van der Waals surface area contributed by atoms with E-state index in [2.05, 4.69) is 19.9 Å². The average Bonchev–Trinajstić information content (AvgIpc) is 3.35. The van der Waals surface area contributed by atoms with Crippen LogP contribution < -0.4 is 31.3 Å². The molecule has 2 heterocycles. The molecule has 2 aromatic heterocycles. The maximum absolute atomic E-state index is 13.2. The van der Waals surface area contributed by atoms with Gasteiger partial charge >= 0.3 is 0 Å². The first-order chi connectivity index (χ1) is 17.6. The molecule has 0 aliphatic heterocycles. The number of carbonyl (C=O) groups excluding carboxylic acids is 1. The fraction of sp³-hybridized carbons (Fsp3) is 0.214. The highest BCUT2D eigenvalue weighted by molar-refractivity contribution is 6.11. The maximum Gasteiger partial charge on any atom is 0.272 e. The van der Waals surface area contributed by atoms with Crippen molar-refractivity contribution in [1.29, 1.82) is 0 Å². The van der Waals surface area contributed by atoms with Crippen LogP contribution in [0.1, 0.15) is 53.6 Å². The first-order valence-corrected chi connectivity index (χ1v) is 11.6. The van der Waals surface area contributed by atoms with Gasteiger partial charge in [-0.05, 0) is 35.9 Å². The van der Waals surface area contributed by atoms with E-state index < -0.39 is 11.1 Å². The number of ether oxygens (including phenoxy) is 2. The van der Waals surface area contributed by atoms with Crippen LogP contribution in [-0.2, 0) is 5.41 Å². The minimum atomic E-state index is -0.482. The van der Waals surface area contributed by atoms with Crippen molar-refractivity contribution in [2.24, 2.45) is 0 Å².